The first kappa shape index (κ1) is 61.7. The average molecular weight is 1320 g/mol. The van der Waals surface area contributed by atoms with Gasteiger partial charge in [0.1, 0.15) is 44.0 Å². The van der Waals surface area contributed by atoms with E-state index in [4.69, 9.17) is 4.42 Å². The molecule has 0 saturated carbocycles. The van der Waals surface area contributed by atoms with E-state index in [1.165, 1.54) is 215 Å². The van der Waals surface area contributed by atoms with Gasteiger partial charge in [-0.1, -0.05) is 135 Å². The Kier molecular flexibility index (Phi) is 14.0. The molecule has 21 rings (SSSR count). The molecule has 7 aromatic heterocycles. The maximum atomic E-state index is 6.20. The standard InChI is InChI=1S/C27H23N2.C24H24N.C21H18NO.C21H18NS/c1-17-13-24-27(28(3)16-17)26-18(2)25-20(14-19-9-7-8-12-22(19)25)15-23(26)29(24)21-10-5-4-6-11-21;1-14-10-20-23(25(5)13-14)22-15(2)21-17(12-19(22)24(20,3)4)11-16-8-6-7-9-18(16)21;2*1-12-8-18-21(22(3)11-12)20-13(2)19-15(10-17(20)23-18)9-14-6-4-5-7-16(14)19/h4-13,15-16H,14H2,1-3H3;6-10,12-13H,11H2,1-5H3;2*4-8,10-11H,9H2,1-3H3/q4*+1. The van der Waals surface area contributed by atoms with Gasteiger partial charge < -0.3 is 8.98 Å². The highest BCUT2D eigenvalue weighted by Gasteiger charge is 2.44. The molecule has 488 valence electrons. The maximum absolute atomic E-state index is 6.20. The van der Waals surface area contributed by atoms with Crippen LogP contribution in [0.4, 0.5) is 0 Å². The van der Waals surface area contributed by atoms with Gasteiger partial charge in [0, 0.05) is 43.6 Å². The largest absolute Gasteiger partial charge is 0.449 e. The maximum Gasteiger partial charge on any atom is 0.259 e. The number of hydrogen-bond donors (Lipinski definition) is 0. The monoisotopic (exact) mass is 1320 g/mol. The zero-order valence-electron chi connectivity index (χ0n) is 59.9. The molecule has 0 fully saturated rings. The average Bonchev–Trinajstić information content (AvgIpc) is 1.56. The van der Waals surface area contributed by atoms with E-state index in [1.807, 2.05) is 11.3 Å². The smallest absolute Gasteiger partial charge is 0.259 e. The van der Waals surface area contributed by atoms with Gasteiger partial charge in [-0.3, -0.25) is 0 Å². The lowest BCUT2D eigenvalue weighted by Crippen LogP contribution is -2.32. The summed E-state index contributed by atoms with van der Waals surface area (Å²) < 4.78 is 20.6. The zero-order chi connectivity index (χ0) is 68.6. The van der Waals surface area contributed by atoms with Crippen LogP contribution in [0.2, 0.25) is 0 Å². The molecule has 0 bridgehead atoms. The minimum absolute atomic E-state index is 0.0585. The summed E-state index contributed by atoms with van der Waals surface area (Å²) in [5.74, 6) is 0. The third-order valence-corrected chi connectivity index (χ3v) is 23.9. The highest BCUT2D eigenvalue weighted by molar-refractivity contribution is 7.25. The first-order chi connectivity index (χ1) is 48.3. The van der Waals surface area contributed by atoms with Crippen molar-refractivity contribution in [3.63, 3.8) is 0 Å². The lowest BCUT2D eigenvalue weighted by atomic mass is 9.80. The molecular weight excluding hydrogens is 1240 g/mol. The molecule has 5 aliphatic carbocycles. The number of thiophene rings is 1. The first-order valence-corrected chi connectivity index (χ1v) is 36.3. The van der Waals surface area contributed by atoms with Crippen LogP contribution in [-0.4, -0.2) is 4.57 Å². The van der Waals surface area contributed by atoms with E-state index in [2.05, 4.69) is 321 Å². The van der Waals surface area contributed by atoms with E-state index in [0.29, 0.717) is 0 Å². The topological polar surface area (TPSA) is 33.6 Å². The Morgan fingerprint density at radius 1 is 0.350 bits per heavy atom. The highest BCUT2D eigenvalue weighted by atomic mass is 32.1. The Bertz CT molecular complexity index is 6090. The van der Waals surface area contributed by atoms with Crippen molar-refractivity contribution in [1.29, 1.82) is 0 Å². The van der Waals surface area contributed by atoms with Crippen molar-refractivity contribution in [2.45, 2.75) is 100 Å². The molecule has 5 aliphatic rings. The van der Waals surface area contributed by atoms with E-state index in [0.717, 1.165) is 36.8 Å². The molecule has 16 aromatic rings. The summed E-state index contributed by atoms with van der Waals surface area (Å²) in [6.07, 6.45) is 13.0. The Balaban J connectivity index is 0.0000000965. The third-order valence-electron chi connectivity index (χ3n) is 22.9. The van der Waals surface area contributed by atoms with E-state index < -0.39 is 0 Å². The number of para-hydroxylation sites is 1. The lowest BCUT2D eigenvalue weighted by molar-refractivity contribution is -0.660. The highest BCUT2D eigenvalue weighted by Crippen LogP contribution is 2.54. The molecule has 0 amide bonds. The minimum atomic E-state index is 0.0585. The summed E-state index contributed by atoms with van der Waals surface area (Å²) in [5, 5.41) is 4.04. The second-order valence-electron chi connectivity index (χ2n) is 30.0. The predicted octanol–water partition coefficient (Wildman–Crippen LogP) is 20.5. The predicted molar refractivity (Wildman–Crippen MR) is 413 cm³/mol. The second-order valence-corrected chi connectivity index (χ2v) is 31.1. The number of furan rings is 1. The van der Waals surface area contributed by atoms with Crippen LogP contribution in [0.5, 0.6) is 0 Å². The molecule has 0 atom stereocenters. The molecule has 7 heterocycles. The summed E-state index contributed by atoms with van der Waals surface area (Å²) in [5.41, 5.74) is 49.3. The van der Waals surface area contributed by atoms with Gasteiger partial charge in [0.05, 0.1) is 27.2 Å². The Morgan fingerprint density at radius 3 is 1.39 bits per heavy atom. The van der Waals surface area contributed by atoms with Gasteiger partial charge in [-0.15, -0.1) is 11.3 Å². The fraction of sp³-hybridized carbons (Fsp3) is 0.204. The van der Waals surface area contributed by atoms with Crippen molar-refractivity contribution >= 4 is 75.6 Å². The lowest BCUT2D eigenvalue weighted by Gasteiger charge is -2.21. The van der Waals surface area contributed by atoms with Gasteiger partial charge >= 0.3 is 0 Å². The van der Waals surface area contributed by atoms with Gasteiger partial charge in [0.2, 0.25) is 16.7 Å². The van der Waals surface area contributed by atoms with E-state index in [1.54, 1.807) is 0 Å². The fourth-order valence-corrected chi connectivity index (χ4v) is 20.3. The van der Waals surface area contributed by atoms with Crippen LogP contribution in [0.25, 0.3) is 126 Å². The quantitative estimate of drug-likeness (QED) is 0.151. The number of hydrogen-bond acceptors (Lipinski definition) is 2. The summed E-state index contributed by atoms with van der Waals surface area (Å²) in [7, 11) is 8.63. The summed E-state index contributed by atoms with van der Waals surface area (Å²) in [6.45, 7) is 22.6. The molecule has 0 N–H and O–H groups in total. The molecule has 100 heavy (non-hydrogen) atoms. The van der Waals surface area contributed by atoms with Crippen LogP contribution in [0.15, 0.2) is 205 Å². The summed E-state index contributed by atoms with van der Waals surface area (Å²) in [4.78, 5) is 0. The fourth-order valence-electron chi connectivity index (χ4n) is 18.9. The molecule has 0 radical (unpaired) electrons. The SMILES string of the molecule is Cc1cc2c([n+](C)c1)-c1c(cc3c(c1C)-c1ccccc1C3)C2(C)C.Cc1cc2c(c3c(C)c4c(cc3n2-c2ccccc2)Cc2ccccc2-4)[n+](C)c1.Cc1cc2oc3cc4c(c(C)c3c2[n+](C)c1)-c1ccccc1C4.Cc1cc2sc3cc4c(c(C)c3c2[n+](C)c1)-c1ccccc1C4. The molecule has 6 nitrogen and oxygen atoms in total. The van der Waals surface area contributed by atoms with Crippen molar-refractivity contribution in [3.05, 3.63) is 301 Å². The van der Waals surface area contributed by atoms with Crippen molar-refractivity contribution in [2.75, 3.05) is 0 Å². The number of aromatic nitrogens is 5. The van der Waals surface area contributed by atoms with E-state index in [9.17, 15) is 0 Å². The normalized spacial score (nSPS) is 13.4. The molecule has 0 saturated heterocycles. The molecular formula is C93H83N5OS+4. The van der Waals surface area contributed by atoms with Crippen LogP contribution in [0.3, 0.4) is 0 Å². The number of fused-ring (bicyclic) bond motifs is 24. The minimum Gasteiger partial charge on any atom is -0.449 e. The van der Waals surface area contributed by atoms with Crippen molar-refractivity contribution in [3.8, 4) is 61.5 Å². The van der Waals surface area contributed by atoms with E-state index >= 15 is 0 Å². The summed E-state index contributed by atoms with van der Waals surface area (Å²) >= 11 is 1.93. The van der Waals surface area contributed by atoms with E-state index in [-0.39, 0.29) is 5.41 Å². The number of pyridine rings is 4. The van der Waals surface area contributed by atoms with Gasteiger partial charge in [-0.2, -0.15) is 13.7 Å². The molecule has 0 aliphatic heterocycles. The van der Waals surface area contributed by atoms with Crippen LogP contribution >= 0.6 is 11.3 Å². The number of nitrogens with zero attached hydrogens (tertiary/aromatic N) is 5. The number of benzene rings is 9. The molecule has 0 unspecified atom stereocenters. The van der Waals surface area contributed by atoms with Crippen LogP contribution in [0.1, 0.15) is 114 Å². The molecule has 0 spiro atoms. The number of aryl methyl sites for hydroxylation is 11. The third kappa shape index (κ3) is 9.26. The van der Waals surface area contributed by atoms with Crippen molar-refractivity contribution in [2.24, 2.45) is 28.2 Å². The van der Waals surface area contributed by atoms with Crippen LogP contribution in [-0.2, 0) is 59.3 Å². The zero-order valence-corrected chi connectivity index (χ0v) is 60.8. The Labute approximate surface area is 590 Å². The number of rotatable bonds is 1. The molecule has 7 heteroatoms. The van der Waals surface area contributed by atoms with Crippen LogP contribution < -0.4 is 18.3 Å². The van der Waals surface area contributed by atoms with Gasteiger partial charge in [0.15, 0.2) is 30.4 Å². The summed E-state index contributed by atoms with van der Waals surface area (Å²) in [6, 6.07) is 64.9. The first-order valence-electron chi connectivity index (χ1n) is 35.5. The van der Waals surface area contributed by atoms with Crippen molar-refractivity contribution < 1.29 is 22.7 Å². The van der Waals surface area contributed by atoms with Crippen LogP contribution in [0, 0.1) is 55.4 Å². The Hall–Kier alpha value is -10.6. The Morgan fingerprint density at radius 2 is 0.800 bits per heavy atom. The molecule has 9 aromatic carbocycles. The van der Waals surface area contributed by atoms with Crippen molar-refractivity contribution in [1.82, 2.24) is 4.57 Å². The second kappa shape index (κ2) is 22.7. The van der Waals surface area contributed by atoms with Gasteiger partial charge in [0.25, 0.3) is 5.52 Å². The van der Waals surface area contributed by atoms with Gasteiger partial charge in [-0.25, -0.2) is 4.57 Å². The van der Waals surface area contributed by atoms with Gasteiger partial charge in [-0.05, 0) is 253 Å².